The van der Waals surface area contributed by atoms with Gasteiger partial charge in [0.15, 0.2) is 5.75 Å². The van der Waals surface area contributed by atoms with Crippen LogP contribution in [0.2, 0.25) is 0 Å². The molecule has 0 spiro atoms. The van der Waals surface area contributed by atoms with Crippen molar-refractivity contribution in [2.75, 3.05) is 12.3 Å². The van der Waals surface area contributed by atoms with Crippen molar-refractivity contribution in [3.8, 4) is 5.75 Å². The van der Waals surface area contributed by atoms with Crippen molar-refractivity contribution < 1.29 is 9.66 Å². The average Bonchev–Trinajstić information content (AvgIpc) is 2.18. The minimum Gasteiger partial charge on any atom is -0.486 e. The highest BCUT2D eigenvalue weighted by Crippen LogP contribution is 2.36. The molecule has 0 radical (unpaired) electrons. The Kier molecular flexibility index (Phi) is 1.85. The van der Waals surface area contributed by atoms with Gasteiger partial charge in [-0.3, -0.25) is 10.1 Å². The Morgan fingerprint density at radius 2 is 2.29 bits per heavy atom. The highest BCUT2D eigenvalue weighted by Gasteiger charge is 2.20. The van der Waals surface area contributed by atoms with Gasteiger partial charge in [0.2, 0.25) is 0 Å². The normalized spacial score (nSPS) is 13.1. The van der Waals surface area contributed by atoms with Gasteiger partial charge in [-0.05, 0) is 18.2 Å². The Balaban J connectivity index is 2.67. The third-order valence-corrected chi connectivity index (χ3v) is 2.01. The molecule has 1 heterocycles. The van der Waals surface area contributed by atoms with E-state index in [1.165, 1.54) is 12.1 Å². The van der Waals surface area contributed by atoms with E-state index < -0.39 is 4.92 Å². The maximum absolute atomic E-state index is 10.7. The van der Waals surface area contributed by atoms with Crippen LogP contribution in [0.15, 0.2) is 18.2 Å². The van der Waals surface area contributed by atoms with Gasteiger partial charge in [-0.25, -0.2) is 0 Å². The molecule has 72 valence electrons. The van der Waals surface area contributed by atoms with E-state index >= 15 is 0 Å². The maximum Gasteiger partial charge on any atom is 0.280 e. The fourth-order valence-corrected chi connectivity index (χ4v) is 1.38. The third kappa shape index (κ3) is 1.19. The predicted molar refractivity (Wildman–Crippen MR) is 52.0 cm³/mol. The van der Waals surface area contributed by atoms with E-state index in [1.54, 1.807) is 12.2 Å². The Morgan fingerprint density at radius 1 is 1.50 bits per heavy atom. The number of anilines is 1. The van der Waals surface area contributed by atoms with E-state index in [0.717, 1.165) is 0 Å². The Labute approximate surface area is 79.9 Å². The smallest absolute Gasteiger partial charge is 0.280 e. The van der Waals surface area contributed by atoms with Crippen molar-refractivity contribution in [1.29, 1.82) is 0 Å². The molecule has 14 heavy (non-hydrogen) atoms. The predicted octanol–water partition coefficient (Wildman–Crippen LogP) is 1.58. The standard InChI is InChI=1S/C9H8N2O3/c10-7-3-4-8(11(12)13)6-2-1-5-14-9(6)7/h1-4H,5,10H2. The van der Waals surface area contributed by atoms with Crippen molar-refractivity contribution in [2.45, 2.75) is 0 Å². The van der Waals surface area contributed by atoms with Gasteiger partial charge in [0.05, 0.1) is 16.2 Å². The summed E-state index contributed by atoms with van der Waals surface area (Å²) in [5.74, 6) is 0.404. The molecule has 0 bridgehead atoms. The number of benzene rings is 1. The zero-order valence-electron chi connectivity index (χ0n) is 7.27. The molecule has 1 aromatic rings. The first-order valence-corrected chi connectivity index (χ1v) is 4.06. The zero-order valence-corrected chi connectivity index (χ0v) is 7.27. The summed E-state index contributed by atoms with van der Waals surface area (Å²) in [5, 5.41) is 10.7. The fraction of sp³-hybridized carbons (Fsp3) is 0.111. The number of nitrogen functional groups attached to an aromatic ring is 1. The lowest BCUT2D eigenvalue weighted by molar-refractivity contribution is -0.385. The van der Waals surface area contributed by atoms with Crippen LogP contribution in [0, 0.1) is 10.1 Å². The number of hydrogen-bond donors (Lipinski definition) is 1. The SMILES string of the molecule is Nc1ccc([N+](=O)[O-])c2c1OCC=C2. The second-order valence-electron chi connectivity index (χ2n) is 2.89. The molecule has 0 saturated heterocycles. The molecule has 0 unspecified atom stereocenters. The van der Waals surface area contributed by atoms with Crippen molar-refractivity contribution in [2.24, 2.45) is 0 Å². The molecule has 5 heteroatoms. The van der Waals surface area contributed by atoms with Crippen molar-refractivity contribution in [3.63, 3.8) is 0 Å². The molecular weight excluding hydrogens is 184 g/mol. The number of fused-ring (bicyclic) bond motifs is 1. The summed E-state index contributed by atoms with van der Waals surface area (Å²) in [6.07, 6.45) is 3.38. The van der Waals surface area contributed by atoms with Gasteiger partial charge in [-0.15, -0.1) is 0 Å². The summed E-state index contributed by atoms with van der Waals surface area (Å²) >= 11 is 0. The Bertz CT molecular complexity index is 426. The second kappa shape index (κ2) is 3.02. The number of hydrogen-bond acceptors (Lipinski definition) is 4. The van der Waals surface area contributed by atoms with Crippen LogP contribution in [-0.2, 0) is 0 Å². The summed E-state index contributed by atoms with van der Waals surface area (Å²) in [6.45, 7) is 0.401. The monoisotopic (exact) mass is 192 g/mol. The van der Waals surface area contributed by atoms with Crippen LogP contribution in [-0.4, -0.2) is 11.5 Å². The van der Waals surface area contributed by atoms with E-state index in [1.807, 2.05) is 0 Å². The van der Waals surface area contributed by atoms with Crippen molar-refractivity contribution in [1.82, 2.24) is 0 Å². The van der Waals surface area contributed by atoms with E-state index in [0.29, 0.717) is 23.6 Å². The molecule has 0 amide bonds. The molecule has 1 aliphatic heterocycles. The Hall–Kier alpha value is -2.04. The molecule has 0 saturated carbocycles. The number of nitrogens with zero attached hydrogens (tertiary/aromatic N) is 1. The molecule has 1 aromatic carbocycles. The quantitative estimate of drug-likeness (QED) is 0.416. The topological polar surface area (TPSA) is 78.4 Å². The lowest BCUT2D eigenvalue weighted by atomic mass is 10.1. The molecule has 0 atom stereocenters. The molecule has 0 fully saturated rings. The fourth-order valence-electron chi connectivity index (χ4n) is 1.38. The van der Waals surface area contributed by atoms with Gasteiger partial charge in [-0.1, -0.05) is 0 Å². The lowest BCUT2D eigenvalue weighted by Crippen LogP contribution is -2.05. The molecule has 2 N–H and O–H groups in total. The minimum atomic E-state index is -0.447. The molecular formula is C9H8N2O3. The second-order valence-corrected chi connectivity index (χ2v) is 2.89. The van der Waals surface area contributed by atoms with E-state index in [-0.39, 0.29) is 5.69 Å². The average molecular weight is 192 g/mol. The number of nitrogens with two attached hydrogens (primary N) is 1. The van der Waals surface area contributed by atoms with Gasteiger partial charge in [0.25, 0.3) is 5.69 Å². The van der Waals surface area contributed by atoms with E-state index in [4.69, 9.17) is 10.5 Å². The molecule has 5 nitrogen and oxygen atoms in total. The summed E-state index contributed by atoms with van der Waals surface area (Å²) < 4.78 is 5.23. The van der Waals surface area contributed by atoms with Crippen LogP contribution in [0.3, 0.4) is 0 Å². The molecule has 1 aliphatic rings. The first-order chi connectivity index (χ1) is 6.70. The number of nitro benzene ring substituents is 1. The summed E-state index contributed by atoms with van der Waals surface area (Å²) in [7, 11) is 0. The Morgan fingerprint density at radius 3 is 3.00 bits per heavy atom. The van der Waals surface area contributed by atoms with Gasteiger partial charge in [0, 0.05) is 6.07 Å². The van der Waals surface area contributed by atoms with Gasteiger partial charge in [-0.2, -0.15) is 0 Å². The van der Waals surface area contributed by atoms with Gasteiger partial charge < -0.3 is 10.5 Å². The summed E-state index contributed by atoms with van der Waals surface area (Å²) in [4.78, 5) is 10.2. The van der Waals surface area contributed by atoms with Crippen LogP contribution >= 0.6 is 0 Å². The summed E-state index contributed by atoms with van der Waals surface area (Å²) in [6, 6.07) is 2.86. The maximum atomic E-state index is 10.7. The minimum absolute atomic E-state index is 0.0187. The highest BCUT2D eigenvalue weighted by atomic mass is 16.6. The van der Waals surface area contributed by atoms with Crippen molar-refractivity contribution in [3.05, 3.63) is 33.9 Å². The van der Waals surface area contributed by atoms with Gasteiger partial charge >= 0.3 is 0 Å². The first-order valence-electron chi connectivity index (χ1n) is 4.06. The van der Waals surface area contributed by atoms with E-state index in [9.17, 15) is 10.1 Å². The molecule has 2 rings (SSSR count). The highest BCUT2D eigenvalue weighted by molar-refractivity contribution is 5.76. The summed E-state index contributed by atoms with van der Waals surface area (Å²) in [5.41, 5.74) is 6.52. The van der Waals surface area contributed by atoms with Crippen LogP contribution in [0.25, 0.3) is 6.08 Å². The van der Waals surface area contributed by atoms with Crippen LogP contribution < -0.4 is 10.5 Å². The van der Waals surface area contributed by atoms with Crippen LogP contribution in [0.4, 0.5) is 11.4 Å². The van der Waals surface area contributed by atoms with E-state index in [2.05, 4.69) is 0 Å². The zero-order chi connectivity index (χ0) is 10.1. The number of rotatable bonds is 1. The number of ether oxygens (including phenoxy) is 1. The van der Waals surface area contributed by atoms with Crippen LogP contribution in [0.1, 0.15) is 5.56 Å². The molecule has 0 aliphatic carbocycles. The van der Waals surface area contributed by atoms with Crippen LogP contribution in [0.5, 0.6) is 5.75 Å². The lowest BCUT2D eigenvalue weighted by Gasteiger charge is -2.13. The largest absolute Gasteiger partial charge is 0.486 e. The van der Waals surface area contributed by atoms with Gasteiger partial charge in [0.1, 0.15) is 6.61 Å². The molecule has 0 aromatic heterocycles. The third-order valence-electron chi connectivity index (χ3n) is 2.01. The van der Waals surface area contributed by atoms with Crippen molar-refractivity contribution >= 4 is 17.5 Å². The number of nitro groups is 1. The first kappa shape index (κ1) is 8.55.